The van der Waals surface area contributed by atoms with Crippen LogP contribution in [0, 0.1) is 21.8 Å². The number of benzene rings is 3. The van der Waals surface area contributed by atoms with Crippen molar-refractivity contribution >= 4 is 57.9 Å². The molecule has 3 heterocycles. The smallest absolute Gasteiger partial charge is 0.308 e. The highest BCUT2D eigenvalue weighted by Gasteiger charge is 2.56. The van der Waals surface area contributed by atoms with Crippen LogP contribution in [-0.2, 0) is 20.9 Å². The Labute approximate surface area is 239 Å². The fraction of sp³-hybridized carbons (Fsp3) is 0.143. The molecule has 2 aliphatic heterocycles. The Hall–Kier alpha value is -4.62. The SMILES string of the molecule is O=C(Cn1c2c(sc1=O)[C@@H](c1ccccc1)C1C(=O)N(c3ccc([N+](=O)[O-])cc3)C(=O)C1S2)Nc1ccc(F)cc1. The van der Waals surface area contributed by atoms with E-state index < -0.39 is 50.4 Å². The summed E-state index contributed by atoms with van der Waals surface area (Å²) >= 11 is 1.99. The predicted molar refractivity (Wildman–Crippen MR) is 151 cm³/mol. The first-order valence-electron chi connectivity index (χ1n) is 12.4. The summed E-state index contributed by atoms with van der Waals surface area (Å²) in [5, 5.41) is 13.3. The monoisotopic (exact) mass is 590 g/mol. The Morgan fingerprint density at radius 3 is 2.29 bits per heavy atom. The van der Waals surface area contributed by atoms with E-state index in [1.54, 1.807) is 12.1 Å². The summed E-state index contributed by atoms with van der Waals surface area (Å²) in [4.78, 5) is 65.3. The van der Waals surface area contributed by atoms with Gasteiger partial charge >= 0.3 is 4.87 Å². The van der Waals surface area contributed by atoms with Crippen molar-refractivity contribution < 1.29 is 23.7 Å². The van der Waals surface area contributed by atoms with Gasteiger partial charge in [-0.15, -0.1) is 0 Å². The van der Waals surface area contributed by atoms with Crippen LogP contribution in [0.1, 0.15) is 16.4 Å². The molecule has 3 aromatic carbocycles. The zero-order chi connectivity index (χ0) is 28.8. The summed E-state index contributed by atoms with van der Waals surface area (Å²) in [5.74, 6) is -3.41. The number of carbonyl (C=O) groups is 3. The maximum Gasteiger partial charge on any atom is 0.308 e. The number of nitro groups is 1. The van der Waals surface area contributed by atoms with Crippen LogP contribution >= 0.6 is 23.1 Å². The first-order valence-corrected chi connectivity index (χ1v) is 14.1. The van der Waals surface area contributed by atoms with E-state index in [-0.39, 0.29) is 17.9 Å². The van der Waals surface area contributed by atoms with Crippen LogP contribution in [0.2, 0.25) is 0 Å². The van der Waals surface area contributed by atoms with Gasteiger partial charge in [0.05, 0.1) is 21.6 Å². The number of imide groups is 1. The van der Waals surface area contributed by atoms with E-state index >= 15 is 0 Å². The number of thioether (sulfide) groups is 1. The number of thiazole rings is 1. The highest BCUT2D eigenvalue weighted by atomic mass is 32.2. The lowest BCUT2D eigenvalue weighted by Crippen LogP contribution is -2.33. The van der Waals surface area contributed by atoms with Crippen molar-refractivity contribution in [3.8, 4) is 0 Å². The third-order valence-electron chi connectivity index (χ3n) is 6.96. The molecule has 206 valence electrons. The third-order valence-corrected chi connectivity index (χ3v) is 9.56. The lowest BCUT2D eigenvalue weighted by atomic mass is 9.83. The number of nitro benzene ring substituents is 1. The Kier molecular flexibility index (Phi) is 6.75. The van der Waals surface area contributed by atoms with Gasteiger partial charge in [-0.3, -0.25) is 33.9 Å². The molecule has 1 N–H and O–H groups in total. The quantitative estimate of drug-likeness (QED) is 0.200. The van der Waals surface area contributed by atoms with Crippen molar-refractivity contribution in [1.82, 2.24) is 4.57 Å². The summed E-state index contributed by atoms with van der Waals surface area (Å²) < 4.78 is 14.6. The molecule has 1 aromatic heterocycles. The summed E-state index contributed by atoms with van der Waals surface area (Å²) in [6, 6.07) is 19.5. The average Bonchev–Trinajstić information content (AvgIpc) is 3.40. The maximum absolute atomic E-state index is 13.8. The lowest BCUT2D eigenvalue weighted by Gasteiger charge is -2.30. The van der Waals surface area contributed by atoms with Crippen molar-refractivity contribution in [2.45, 2.75) is 22.7 Å². The van der Waals surface area contributed by atoms with Crippen molar-refractivity contribution in [1.29, 1.82) is 0 Å². The van der Waals surface area contributed by atoms with E-state index in [1.165, 1.54) is 53.1 Å². The minimum absolute atomic E-state index is 0.174. The molecule has 3 amide bonds. The molecule has 0 radical (unpaired) electrons. The van der Waals surface area contributed by atoms with E-state index in [9.17, 15) is 33.7 Å². The predicted octanol–water partition coefficient (Wildman–Crippen LogP) is 4.39. The number of hydrogen-bond donors (Lipinski definition) is 1. The van der Waals surface area contributed by atoms with Crippen molar-refractivity contribution in [3.05, 3.63) is 115 Å². The van der Waals surface area contributed by atoms with E-state index in [4.69, 9.17) is 0 Å². The summed E-state index contributed by atoms with van der Waals surface area (Å²) in [7, 11) is 0. The van der Waals surface area contributed by atoms with Crippen LogP contribution in [0.5, 0.6) is 0 Å². The van der Waals surface area contributed by atoms with Crippen LogP contribution in [-0.4, -0.2) is 32.5 Å². The Balaban J connectivity index is 1.38. The molecule has 1 saturated heterocycles. The second-order valence-corrected chi connectivity index (χ2v) is 11.5. The van der Waals surface area contributed by atoms with Gasteiger partial charge in [0.1, 0.15) is 17.6 Å². The molecule has 41 heavy (non-hydrogen) atoms. The number of halogens is 1. The van der Waals surface area contributed by atoms with E-state index in [0.717, 1.165) is 33.6 Å². The number of nitrogens with zero attached hydrogens (tertiary/aromatic N) is 3. The number of fused-ring (bicyclic) bond motifs is 2. The topological polar surface area (TPSA) is 132 Å². The largest absolute Gasteiger partial charge is 0.325 e. The Morgan fingerprint density at radius 2 is 1.63 bits per heavy atom. The third kappa shape index (κ3) is 4.72. The average molecular weight is 591 g/mol. The van der Waals surface area contributed by atoms with E-state index in [0.29, 0.717) is 15.6 Å². The van der Waals surface area contributed by atoms with Crippen LogP contribution in [0.25, 0.3) is 0 Å². The number of aromatic nitrogens is 1. The van der Waals surface area contributed by atoms with E-state index in [1.807, 2.05) is 18.2 Å². The normalized spacial score (nSPS) is 19.5. The molecule has 10 nitrogen and oxygen atoms in total. The Morgan fingerprint density at radius 1 is 0.951 bits per heavy atom. The first kappa shape index (κ1) is 26.6. The molecule has 0 aliphatic carbocycles. The summed E-state index contributed by atoms with van der Waals surface area (Å²) in [6.07, 6.45) is 0. The zero-order valence-electron chi connectivity index (χ0n) is 20.9. The number of nitrogens with one attached hydrogen (secondary N) is 1. The molecule has 0 bridgehead atoms. The molecule has 0 spiro atoms. The van der Waals surface area contributed by atoms with Gasteiger partial charge in [-0.25, -0.2) is 9.29 Å². The number of anilines is 2. The van der Waals surface area contributed by atoms with Gasteiger partial charge < -0.3 is 5.32 Å². The van der Waals surface area contributed by atoms with Crippen LogP contribution in [0.3, 0.4) is 0 Å². The van der Waals surface area contributed by atoms with Crippen LogP contribution < -0.4 is 15.1 Å². The number of rotatable bonds is 6. The van der Waals surface area contributed by atoms with Gasteiger partial charge in [0.2, 0.25) is 17.7 Å². The number of carbonyl (C=O) groups excluding carboxylic acids is 3. The highest BCUT2D eigenvalue weighted by Crippen LogP contribution is 2.53. The minimum Gasteiger partial charge on any atom is -0.325 e. The molecule has 0 saturated carbocycles. The second-order valence-electron chi connectivity index (χ2n) is 9.42. The van der Waals surface area contributed by atoms with Crippen molar-refractivity contribution in [3.63, 3.8) is 0 Å². The molecule has 2 unspecified atom stereocenters. The zero-order valence-corrected chi connectivity index (χ0v) is 22.6. The van der Waals surface area contributed by atoms with Gasteiger partial charge in [0.15, 0.2) is 0 Å². The van der Waals surface area contributed by atoms with Crippen molar-refractivity contribution in [2.75, 3.05) is 10.2 Å². The molecule has 1 fully saturated rings. The molecule has 13 heteroatoms. The molecular weight excluding hydrogens is 571 g/mol. The fourth-order valence-electron chi connectivity index (χ4n) is 5.13. The fourth-order valence-corrected chi connectivity index (χ4v) is 7.90. The summed E-state index contributed by atoms with van der Waals surface area (Å²) in [5.41, 5.74) is 1.14. The van der Waals surface area contributed by atoms with Crippen LogP contribution in [0.15, 0.2) is 88.7 Å². The number of non-ortho nitro benzene ring substituents is 1. The minimum atomic E-state index is -0.893. The molecule has 2 aliphatic rings. The second kappa shape index (κ2) is 10.4. The van der Waals surface area contributed by atoms with E-state index in [2.05, 4.69) is 5.32 Å². The molecule has 4 aromatic rings. The molecule has 3 atom stereocenters. The van der Waals surface area contributed by atoms with Gasteiger partial charge in [0.25, 0.3) is 5.69 Å². The van der Waals surface area contributed by atoms with Gasteiger partial charge in [-0.1, -0.05) is 53.4 Å². The van der Waals surface area contributed by atoms with Crippen molar-refractivity contribution in [2.24, 2.45) is 5.92 Å². The van der Waals surface area contributed by atoms with Gasteiger partial charge in [0, 0.05) is 28.6 Å². The standard InChI is InChI=1S/C28H19FN4O6S2/c29-16-6-8-17(9-7-16)30-20(34)14-31-27-24(41-28(31)37)21(15-4-2-1-3-5-15)22-23(40-27)26(36)32(25(22)35)18-10-12-19(13-11-18)33(38)39/h1-13,21-23H,14H2,(H,30,34)/t21-,22?,23?/m0/s1. The van der Waals surface area contributed by atoms with Crippen LogP contribution in [0.4, 0.5) is 21.5 Å². The number of amides is 3. The number of hydrogen-bond acceptors (Lipinski definition) is 8. The molecule has 6 rings (SSSR count). The first-order chi connectivity index (χ1) is 19.7. The van der Waals surface area contributed by atoms with Gasteiger partial charge in [-0.05, 0) is 42.0 Å². The van der Waals surface area contributed by atoms with Gasteiger partial charge in [-0.2, -0.15) is 0 Å². The lowest BCUT2D eigenvalue weighted by molar-refractivity contribution is -0.384. The molecular formula is C28H19FN4O6S2. The maximum atomic E-state index is 13.8. The summed E-state index contributed by atoms with van der Waals surface area (Å²) in [6.45, 7) is -0.345. The highest BCUT2D eigenvalue weighted by molar-refractivity contribution is 8.00. The Bertz CT molecular complexity index is 1760.